The Morgan fingerprint density at radius 1 is 1.11 bits per heavy atom. The standard InChI is InChI=1S/C14H27N3O2/c1-4-16(5-2-14-11-15-3-8-19-14)12-13(1)17-6-9-18-10-7-17/h13-15H,1-12H2. The molecule has 3 aliphatic heterocycles. The lowest BCUT2D eigenvalue weighted by atomic mass is 10.2. The molecule has 5 nitrogen and oxygen atoms in total. The molecule has 0 bridgehead atoms. The van der Waals surface area contributed by atoms with Gasteiger partial charge in [-0.3, -0.25) is 4.90 Å². The van der Waals surface area contributed by atoms with Crippen molar-refractivity contribution in [1.82, 2.24) is 15.1 Å². The van der Waals surface area contributed by atoms with Gasteiger partial charge in [-0.05, 0) is 19.4 Å². The minimum atomic E-state index is 0.427. The van der Waals surface area contributed by atoms with Crippen LogP contribution >= 0.6 is 0 Å². The maximum absolute atomic E-state index is 5.76. The summed E-state index contributed by atoms with van der Waals surface area (Å²) in [6.07, 6.45) is 2.92. The number of likely N-dealkylation sites (tertiary alicyclic amines) is 1. The molecule has 0 aromatic rings. The maximum Gasteiger partial charge on any atom is 0.0712 e. The molecule has 3 saturated heterocycles. The zero-order valence-electron chi connectivity index (χ0n) is 11.9. The fourth-order valence-corrected chi connectivity index (χ4v) is 3.39. The van der Waals surface area contributed by atoms with Gasteiger partial charge in [0.15, 0.2) is 0 Å². The molecule has 2 unspecified atom stereocenters. The predicted octanol–water partition coefficient (Wildman–Crippen LogP) is -0.229. The Morgan fingerprint density at radius 3 is 2.79 bits per heavy atom. The summed E-state index contributed by atoms with van der Waals surface area (Å²) in [5, 5.41) is 3.41. The van der Waals surface area contributed by atoms with Crippen molar-refractivity contribution >= 4 is 0 Å². The van der Waals surface area contributed by atoms with Crippen LogP contribution in [0.25, 0.3) is 0 Å². The number of hydrogen-bond acceptors (Lipinski definition) is 5. The van der Waals surface area contributed by atoms with Gasteiger partial charge in [-0.25, -0.2) is 0 Å². The highest BCUT2D eigenvalue weighted by Crippen LogP contribution is 2.17. The van der Waals surface area contributed by atoms with Gasteiger partial charge < -0.3 is 19.7 Å². The number of ether oxygens (including phenoxy) is 2. The van der Waals surface area contributed by atoms with E-state index in [4.69, 9.17) is 9.47 Å². The van der Waals surface area contributed by atoms with Gasteiger partial charge >= 0.3 is 0 Å². The van der Waals surface area contributed by atoms with Gasteiger partial charge in [-0.15, -0.1) is 0 Å². The average molecular weight is 269 g/mol. The minimum absolute atomic E-state index is 0.427. The normalized spacial score (nSPS) is 34.7. The molecule has 110 valence electrons. The third kappa shape index (κ3) is 3.89. The van der Waals surface area contributed by atoms with Gasteiger partial charge in [0.25, 0.3) is 0 Å². The van der Waals surface area contributed by atoms with E-state index in [9.17, 15) is 0 Å². The monoisotopic (exact) mass is 269 g/mol. The lowest BCUT2D eigenvalue weighted by Crippen LogP contribution is -2.45. The van der Waals surface area contributed by atoms with E-state index in [1.807, 2.05) is 0 Å². The second-order valence-electron chi connectivity index (χ2n) is 5.88. The van der Waals surface area contributed by atoms with Crippen LogP contribution < -0.4 is 5.32 Å². The van der Waals surface area contributed by atoms with Gasteiger partial charge in [0.2, 0.25) is 0 Å². The second-order valence-corrected chi connectivity index (χ2v) is 5.88. The van der Waals surface area contributed by atoms with E-state index >= 15 is 0 Å². The minimum Gasteiger partial charge on any atom is -0.379 e. The third-order valence-electron chi connectivity index (χ3n) is 4.58. The van der Waals surface area contributed by atoms with Crippen LogP contribution in [-0.2, 0) is 9.47 Å². The molecule has 3 rings (SSSR count). The first-order valence-corrected chi connectivity index (χ1v) is 7.78. The highest BCUT2D eigenvalue weighted by molar-refractivity contribution is 4.85. The average Bonchev–Trinajstić information content (AvgIpc) is 2.96. The first-order chi connectivity index (χ1) is 9.42. The van der Waals surface area contributed by atoms with Crippen LogP contribution in [0.1, 0.15) is 12.8 Å². The topological polar surface area (TPSA) is 37.0 Å². The molecular formula is C14H27N3O2. The Labute approximate surface area is 116 Å². The van der Waals surface area contributed by atoms with Gasteiger partial charge in [0.1, 0.15) is 0 Å². The van der Waals surface area contributed by atoms with Gasteiger partial charge in [0.05, 0.1) is 25.9 Å². The van der Waals surface area contributed by atoms with E-state index in [-0.39, 0.29) is 0 Å². The third-order valence-corrected chi connectivity index (χ3v) is 4.58. The fourth-order valence-electron chi connectivity index (χ4n) is 3.39. The quantitative estimate of drug-likeness (QED) is 0.763. The van der Waals surface area contributed by atoms with Crippen molar-refractivity contribution in [3.8, 4) is 0 Å². The zero-order valence-corrected chi connectivity index (χ0v) is 11.9. The molecule has 2 atom stereocenters. The maximum atomic E-state index is 5.76. The van der Waals surface area contributed by atoms with Crippen LogP contribution in [0.5, 0.6) is 0 Å². The molecule has 1 N–H and O–H groups in total. The van der Waals surface area contributed by atoms with Crippen molar-refractivity contribution in [2.24, 2.45) is 0 Å². The SMILES string of the molecule is C1COC(CCN2CCC(N3CCOCC3)C2)CN1. The van der Waals surface area contributed by atoms with E-state index in [0.717, 1.165) is 52.0 Å². The Morgan fingerprint density at radius 2 is 2.00 bits per heavy atom. The first kappa shape index (κ1) is 13.8. The fraction of sp³-hybridized carbons (Fsp3) is 1.00. The summed E-state index contributed by atoms with van der Waals surface area (Å²) in [7, 11) is 0. The molecule has 0 amide bonds. The smallest absolute Gasteiger partial charge is 0.0712 e. The zero-order chi connectivity index (χ0) is 12.9. The summed E-state index contributed by atoms with van der Waals surface area (Å²) < 4.78 is 11.2. The molecule has 5 heteroatoms. The predicted molar refractivity (Wildman–Crippen MR) is 74.5 cm³/mol. The molecule has 3 fully saturated rings. The summed E-state index contributed by atoms with van der Waals surface area (Å²) in [6.45, 7) is 10.7. The summed E-state index contributed by atoms with van der Waals surface area (Å²) in [6, 6.07) is 0.759. The van der Waals surface area contributed by atoms with Crippen molar-refractivity contribution < 1.29 is 9.47 Å². The highest BCUT2D eigenvalue weighted by atomic mass is 16.5. The van der Waals surface area contributed by atoms with Gasteiger partial charge in [-0.2, -0.15) is 0 Å². The number of hydrogen-bond donors (Lipinski definition) is 1. The molecular weight excluding hydrogens is 242 g/mol. The summed E-state index contributed by atoms with van der Waals surface area (Å²) in [4.78, 5) is 5.22. The van der Waals surface area contributed by atoms with Crippen LogP contribution in [0.4, 0.5) is 0 Å². The molecule has 0 saturated carbocycles. The lowest BCUT2D eigenvalue weighted by molar-refractivity contribution is 0.0131. The van der Waals surface area contributed by atoms with E-state index < -0.39 is 0 Å². The number of nitrogens with zero attached hydrogens (tertiary/aromatic N) is 2. The Balaban J connectivity index is 1.36. The van der Waals surface area contributed by atoms with Crippen molar-refractivity contribution in [3.63, 3.8) is 0 Å². The van der Waals surface area contributed by atoms with Gasteiger partial charge in [-0.1, -0.05) is 0 Å². The first-order valence-electron chi connectivity index (χ1n) is 7.78. The summed E-state index contributed by atoms with van der Waals surface area (Å²) >= 11 is 0. The molecule has 19 heavy (non-hydrogen) atoms. The van der Waals surface area contributed by atoms with Crippen LogP contribution in [-0.4, -0.2) is 87.6 Å². The van der Waals surface area contributed by atoms with E-state index in [1.165, 1.54) is 32.5 Å². The number of morpholine rings is 2. The van der Waals surface area contributed by atoms with Crippen molar-refractivity contribution in [2.45, 2.75) is 25.0 Å². The van der Waals surface area contributed by atoms with Crippen molar-refractivity contribution in [3.05, 3.63) is 0 Å². The van der Waals surface area contributed by atoms with Crippen LogP contribution in [0.15, 0.2) is 0 Å². The van der Waals surface area contributed by atoms with E-state index in [0.29, 0.717) is 6.10 Å². The van der Waals surface area contributed by atoms with E-state index in [2.05, 4.69) is 15.1 Å². The molecule has 0 spiro atoms. The largest absolute Gasteiger partial charge is 0.379 e. The molecule has 0 aromatic heterocycles. The molecule has 0 radical (unpaired) electrons. The second kappa shape index (κ2) is 6.99. The van der Waals surface area contributed by atoms with Crippen molar-refractivity contribution in [2.75, 3.05) is 65.6 Å². The van der Waals surface area contributed by atoms with Gasteiger partial charge in [0, 0.05) is 45.3 Å². The number of nitrogens with one attached hydrogen (secondary N) is 1. The highest BCUT2D eigenvalue weighted by Gasteiger charge is 2.28. The lowest BCUT2D eigenvalue weighted by Gasteiger charge is -2.32. The van der Waals surface area contributed by atoms with Crippen LogP contribution in [0.2, 0.25) is 0 Å². The summed E-state index contributed by atoms with van der Waals surface area (Å²) in [5.74, 6) is 0. The Kier molecular flexibility index (Phi) is 5.07. The van der Waals surface area contributed by atoms with Crippen LogP contribution in [0, 0.1) is 0 Å². The molecule has 0 aliphatic carbocycles. The molecule has 0 aromatic carbocycles. The Bertz CT molecular complexity index is 265. The van der Waals surface area contributed by atoms with Crippen molar-refractivity contribution in [1.29, 1.82) is 0 Å². The summed E-state index contributed by atoms with van der Waals surface area (Å²) in [5.41, 5.74) is 0. The number of rotatable bonds is 4. The van der Waals surface area contributed by atoms with Crippen LogP contribution in [0.3, 0.4) is 0 Å². The van der Waals surface area contributed by atoms with E-state index in [1.54, 1.807) is 0 Å². The molecule has 3 heterocycles. The molecule has 3 aliphatic rings. The Hall–Kier alpha value is -0.200.